The minimum absolute atomic E-state index is 0.288. The van der Waals surface area contributed by atoms with Crippen molar-refractivity contribution in [2.45, 2.75) is 37.9 Å². The maximum absolute atomic E-state index is 12.5. The van der Waals surface area contributed by atoms with E-state index in [4.69, 9.17) is 9.47 Å². The Hall–Kier alpha value is -1.66. The van der Waals surface area contributed by atoms with E-state index < -0.39 is 0 Å². The molecule has 5 rings (SSSR count). The summed E-state index contributed by atoms with van der Waals surface area (Å²) in [6.07, 6.45) is 4.06. The molecule has 2 aromatic heterocycles. The molecule has 2 bridgehead atoms. The molecule has 0 N–H and O–H groups in total. The van der Waals surface area contributed by atoms with Gasteiger partial charge in [-0.3, -0.25) is 0 Å². The molecule has 3 fully saturated rings. The zero-order valence-electron chi connectivity index (χ0n) is 14.2. The molecule has 0 saturated heterocycles. The molecule has 2 aromatic rings. The van der Waals surface area contributed by atoms with Gasteiger partial charge in [0.2, 0.25) is 0 Å². The third kappa shape index (κ3) is 2.62. The van der Waals surface area contributed by atoms with E-state index in [2.05, 4.69) is 0 Å². The van der Waals surface area contributed by atoms with Gasteiger partial charge in [0, 0.05) is 11.8 Å². The third-order valence-electron chi connectivity index (χ3n) is 6.37. The van der Waals surface area contributed by atoms with E-state index in [-0.39, 0.29) is 24.1 Å². The lowest BCUT2D eigenvalue weighted by Crippen LogP contribution is -2.45. The summed E-state index contributed by atoms with van der Waals surface area (Å²) in [5.41, 5.74) is 0. The summed E-state index contributed by atoms with van der Waals surface area (Å²) in [6, 6.07) is 7.27. The van der Waals surface area contributed by atoms with Crippen molar-refractivity contribution >= 4 is 34.6 Å². The fourth-order valence-electron chi connectivity index (χ4n) is 5.45. The lowest BCUT2D eigenvalue weighted by atomic mass is 9.78. The highest BCUT2D eigenvalue weighted by atomic mass is 32.1. The molecule has 0 aliphatic heterocycles. The molecule has 0 aromatic carbocycles. The molecule has 0 amide bonds. The number of ether oxygens (including phenoxy) is 2. The van der Waals surface area contributed by atoms with Crippen molar-refractivity contribution in [2.75, 3.05) is 0 Å². The molecule has 3 saturated carbocycles. The number of fused-ring (bicyclic) bond motifs is 5. The van der Waals surface area contributed by atoms with Crippen LogP contribution in [-0.4, -0.2) is 24.1 Å². The molecule has 3 aliphatic carbocycles. The standard InChI is InChI=1S/C20H20O4S2/c21-19(15-6-2-8-25-15)23-17-13-10-14(12-5-1-4-11(12)13)18(17)24-20(22)16-7-3-9-26-16/h2-3,6-9,11-14,17-18H,1,4-5,10H2. The van der Waals surface area contributed by atoms with E-state index in [1.165, 1.54) is 41.9 Å². The van der Waals surface area contributed by atoms with E-state index in [0.717, 1.165) is 6.42 Å². The lowest BCUT2D eigenvalue weighted by molar-refractivity contribution is -0.0763. The Labute approximate surface area is 160 Å². The van der Waals surface area contributed by atoms with E-state index in [0.29, 0.717) is 33.4 Å². The summed E-state index contributed by atoms with van der Waals surface area (Å²) in [5, 5.41) is 3.75. The summed E-state index contributed by atoms with van der Waals surface area (Å²) < 4.78 is 11.9. The van der Waals surface area contributed by atoms with Crippen LogP contribution in [0.4, 0.5) is 0 Å². The van der Waals surface area contributed by atoms with Gasteiger partial charge in [0.1, 0.15) is 22.0 Å². The van der Waals surface area contributed by atoms with Crippen LogP contribution in [0.25, 0.3) is 0 Å². The van der Waals surface area contributed by atoms with Gasteiger partial charge in [0.05, 0.1) is 0 Å². The summed E-state index contributed by atoms with van der Waals surface area (Å²) in [4.78, 5) is 26.3. The molecule has 6 atom stereocenters. The van der Waals surface area contributed by atoms with Gasteiger partial charge in [-0.25, -0.2) is 9.59 Å². The van der Waals surface area contributed by atoms with Crippen molar-refractivity contribution in [2.24, 2.45) is 23.7 Å². The van der Waals surface area contributed by atoms with E-state index >= 15 is 0 Å². The number of rotatable bonds is 4. The molecule has 6 unspecified atom stereocenters. The van der Waals surface area contributed by atoms with Gasteiger partial charge >= 0.3 is 11.9 Å². The second-order valence-corrected chi connectivity index (χ2v) is 9.41. The highest BCUT2D eigenvalue weighted by Gasteiger charge is 2.62. The Kier molecular flexibility index (Phi) is 4.13. The number of carbonyl (C=O) groups excluding carboxylic acids is 2. The number of hydrogen-bond donors (Lipinski definition) is 0. The monoisotopic (exact) mass is 388 g/mol. The molecule has 4 nitrogen and oxygen atoms in total. The van der Waals surface area contributed by atoms with Gasteiger partial charge in [0.15, 0.2) is 0 Å². The third-order valence-corrected chi connectivity index (χ3v) is 8.07. The van der Waals surface area contributed by atoms with Crippen LogP contribution in [0.1, 0.15) is 45.0 Å². The van der Waals surface area contributed by atoms with Crippen LogP contribution in [-0.2, 0) is 9.47 Å². The zero-order chi connectivity index (χ0) is 17.7. The predicted octanol–water partition coefficient (Wildman–Crippen LogP) is 4.63. The van der Waals surface area contributed by atoms with Gasteiger partial charge in [-0.15, -0.1) is 22.7 Å². The second kappa shape index (κ2) is 6.50. The average molecular weight is 389 g/mol. The molecule has 2 heterocycles. The van der Waals surface area contributed by atoms with Crippen molar-refractivity contribution in [1.82, 2.24) is 0 Å². The van der Waals surface area contributed by atoms with Gasteiger partial charge in [-0.05, 0) is 54.0 Å². The Morgan fingerprint density at radius 2 is 1.31 bits per heavy atom. The SMILES string of the molecule is O=C(OC1C2CC(C3CCCC32)C1OC(=O)c1cccs1)c1cccs1. The van der Waals surface area contributed by atoms with Gasteiger partial charge in [-0.1, -0.05) is 18.6 Å². The number of carbonyl (C=O) groups is 2. The Morgan fingerprint density at radius 1 is 0.808 bits per heavy atom. The first-order chi connectivity index (χ1) is 12.7. The first kappa shape index (κ1) is 16.5. The average Bonchev–Trinajstić information content (AvgIpc) is 3.40. The number of hydrogen-bond acceptors (Lipinski definition) is 6. The smallest absolute Gasteiger partial charge is 0.348 e. The van der Waals surface area contributed by atoms with Crippen LogP contribution < -0.4 is 0 Å². The Bertz CT molecular complexity index is 732. The topological polar surface area (TPSA) is 52.6 Å². The van der Waals surface area contributed by atoms with Crippen LogP contribution in [0.3, 0.4) is 0 Å². The van der Waals surface area contributed by atoms with E-state index in [9.17, 15) is 9.59 Å². The van der Waals surface area contributed by atoms with Crippen LogP contribution in [0, 0.1) is 23.7 Å². The van der Waals surface area contributed by atoms with Crippen LogP contribution in [0.2, 0.25) is 0 Å². The minimum atomic E-state index is -0.308. The fraction of sp³-hybridized carbons (Fsp3) is 0.500. The van der Waals surface area contributed by atoms with Gasteiger partial charge in [0.25, 0.3) is 0 Å². The summed E-state index contributed by atoms with van der Waals surface area (Å²) in [7, 11) is 0. The summed E-state index contributed by atoms with van der Waals surface area (Å²) >= 11 is 2.77. The number of thiophene rings is 2. The molecular weight excluding hydrogens is 368 g/mol. The van der Waals surface area contributed by atoms with Crippen LogP contribution in [0.5, 0.6) is 0 Å². The van der Waals surface area contributed by atoms with E-state index in [1.54, 1.807) is 12.1 Å². The maximum Gasteiger partial charge on any atom is 0.348 e. The maximum atomic E-state index is 12.5. The lowest BCUT2D eigenvalue weighted by Gasteiger charge is -2.37. The molecule has 6 heteroatoms. The quantitative estimate of drug-likeness (QED) is 0.717. The van der Waals surface area contributed by atoms with E-state index in [1.807, 2.05) is 22.9 Å². The van der Waals surface area contributed by atoms with Gasteiger partial charge < -0.3 is 9.47 Å². The first-order valence-electron chi connectivity index (χ1n) is 9.21. The fourth-order valence-corrected chi connectivity index (χ4v) is 6.66. The summed E-state index contributed by atoms with van der Waals surface area (Å²) in [6.45, 7) is 0. The normalized spacial score (nSPS) is 34.6. The first-order valence-corrected chi connectivity index (χ1v) is 11.0. The van der Waals surface area contributed by atoms with Gasteiger partial charge in [-0.2, -0.15) is 0 Å². The molecule has 3 aliphatic rings. The minimum Gasteiger partial charge on any atom is -0.454 e. The highest BCUT2D eigenvalue weighted by Crippen LogP contribution is 2.60. The van der Waals surface area contributed by atoms with Crippen molar-refractivity contribution in [3.63, 3.8) is 0 Å². The summed E-state index contributed by atoms with van der Waals surface area (Å²) in [5.74, 6) is 1.33. The van der Waals surface area contributed by atoms with Crippen molar-refractivity contribution in [1.29, 1.82) is 0 Å². The highest BCUT2D eigenvalue weighted by molar-refractivity contribution is 7.12. The Morgan fingerprint density at radius 3 is 1.73 bits per heavy atom. The molecular formula is C20H20O4S2. The zero-order valence-corrected chi connectivity index (χ0v) is 15.8. The molecule has 0 spiro atoms. The molecule has 0 radical (unpaired) electrons. The van der Waals surface area contributed by atoms with Crippen LogP contribution in [0.15, 0.2) is 35.0 Å². The Balaban J connectivity index is 1.39. The van der Waals surface area contributed by atoms with Crippen molar-refractivity contribution < 1.29 is 19.1 Å². The second-order valence-electron chi connectivity index (χ2n) is 7.52. The molecule has 26 heavy (non-hydrogen) atoms. The van der Waals surface area contributed by atoms with Crippen LogP contribution >= 0.6 is 22.7 Å². The number of esters is 2. The molecule has 136 valence electrons. The van der Waals surface area contributed by atoms with Crippen molar-refractivity contribution in [3.8, 4) is 0 Å². The largest absolute Gasteiger partial charge is 0.454 e. The predicted molar refractivity (Wildman–Crippen MR) is 99.5 cm³/mol. The van der Waals surface area contributed by atoms with Crippen molar-refractivity contribution in [3.05, 3.63) is 44.8 Å².